The van der Waals surface area contributed by atoms with Gasteiger partial charge in [-0.15, -0.1) is 0 Å². The molecule has 0 fully saturated rings. The summed E-state index contributed by atoms with van der Waals surface area (Å²) in [5.74, 6) is -0.939. The molecule has 0 bridgehead atoms. The van der Waals surface area contributed by atoms with Gasteiger partial charge in [0.25, 0.3) is 5.60 Å². The Morgan fingerprint density at radius 2 is 1.50 bits per heavy atom. The molecule has 0 amide bonds. The number of carbonyl (C=O) groups excluding carboxylic acids is 1. The van der Waals surface area contributed by atoms with Crippen molar-refractivity contribution >= 4 is 17.6 Å². The van der Waals surface area contributed by atoms with E-state index in [-0.39, 0.29) is 31.8 Å². The minimum atomic E-state index is -6.02. The zero-order valence-electron chi connectivity index (χ0n) is 16.1. The number of carboxylic acids is 1. The van der Waals surface area contributed by atoms with Crippen molar-refractivity contribution in [2.45, 2.75) is 30.8 Å². The van der Waals surface area contributed by atoms with Gasteiger partial charge in [0.1, 0.15) is 11.5 Å². The standard InChI is InChI=1S/C20H17ClF6O5/c21-15-11-13(18(30,19(22,23)24)20(25,26)27)4-7-16(15)32-9-1-8-31-14-5-2-12(3-6-14)10-17(28)29/h2-7,11,30H,1,8-10H2,(H,28,29)/p-1. The first-order valence-corrected chi connectivity index (χ1v) is 9.33. The molecule has 0 radical (unpaired) electrons. The number of carboxylic acid groups (broad SMARTS) is 1. The van der Waals surface area contributed by atoms with Gasteiger partial charge in [0.2, 0.25) is 0 Å². The van der Waals surface area contributed by atoms with Gasteiger partial charge in [-0.05, 0) is 29.8 Å². The van der Waals surface area contributed by atoms with Crippen LogP contribution in [-0.4, -0.2) is 36.6 Å². The number of carbonyl (C=O) groups is 1. The number of hydrogen-bond acceptors (Lipinski definition) is 5. The Hall–Kier alpha value is -2.66. The molecule has 5 nitrogen and oxygen atoms in total. The minimum Gasteiger partial charge on any atom is -0.550 e. The van der Waals surface area contributed by atoms with Crippen molar-refractivity contribution in [3.8, 4) is 11.5 Å². The molecule has 0 spiro atoms. The number of rotatable bonds is 9. The third kappa shape index (κ3) is 5.98. The lowest BCUT2D eigenvalue weighted by atomic mass is 9.92. The molecule has 0 aromatic heterocycles. The lowest BCUT2D eigenvalue weighted by Gasteiger charge is -2.32. The van der Waals surface area contributed by atoms with E-state index < -0.39 is 34.5 Å². The first kappa shape index (κ1) is 25.6. The molecule has 0 saturated carbocycles. The van der Waals surface area contributed by atoms with Crippen LogP contribution < -0.4 is 14.6 Å². The van der Waals surface area contributed by atoms with Crippen LogP contribution in [0.25, 0.3) is 0 Å². The van der Waals surface area contributed by atoms with Crippen molar-refractivity contribution in [2.75, 3.05) is 13.2 Å². The highest BCUT2D eigenvalue weighted by molar-refractivity contribution is 6.32. The van der Waals surface area contributed by atoms with Crippen LogP contribution in [0.1, 0.15) is 17.5 Å². The molecular formula is C20H16ClF6O5-. The molecule has 2 aromatic carbocycles. The summed E-state index contributed by atoms with van der Waals surface area (Å²) in [5, 5.41) is 19.4. The predicted molar refractivity (Wildman–Crippen MR) is 98.2 cm³/mol. The Bertz CT molecular complexity index is 914. The Morgan fingerprint density at radius 3 is 2.00 bits per heavy atom. The summed E-state index contributed by atoms with van der Waals surface area (Å²) < 4.78 is 88.3. The van der Waals surface area contributed by atoms with Crippen LogP contribution in [0.5, 0.6) is 11.5 Å². The van der Waals surface area contributed by atoms with Crippen molar-refractivity contribution in [3.63, 3.8) is 0 Å². The lowest BCUT2D eigenvalue weighted by Crippen LogP contribution is -2.53. The molecule has 0 aliphatic rings. The monoisotopic (exact) mass is 485 g/mol. The molecule has 0 aliphatic heterocycles. The van der Waals surface area contributed by atoms with E-state index in [1.165, 1.54) is 0 Å². The van der Waals surface area contributed by atoms with E-state index in [9.17, 15) is 41.4 Å². The van der Waals surface area contributed by atoms with Crippen molar-refractivity contribution in [2.24, 2.45) is 0 Å². The third-order valence-electron chi connectivity index (χ3n) is 4.26. The predicted octanol–water partition coefficient (Wildman–Crippen LogP) is 3.79. The summed E-state index contributed by atoms with van der Waals surface area (Å²) in [6, 6.07) is 7.79. The van der Waals surface area contributed by atoms with Gasteiger partial charge in [0, 0.05) is 24.4 Å². The van der Waals surface area contributed by atoms with Crippen molar-refractivity contribution in [1.82, 2.24) is 0 Å². The Balaban J connectivity index is 1.93. The average molecular weight is 486 g/mol. The molecule has 2 rings (SSSR count). The second-order valence-corrected chi connectivity index (χ2v) is 7.00. The van der Waals surface area contributed by atoms with Crippen LogP contribution in [0.3, 0.4) is 0 Å². The van der Waals surface area contributed by atoms with Crippen LogP contribution in [0.4, 0.5) is 26.3 Å². The summed E-state index contributed by atoms with van der Waals surface area (Å²) >= 11 is 5.75. The second-order valence-electron chi connectivity index (χ2n) is 6.59. The van der Waals surface area contributed by atoms with Crippen molar-refractivity contribution in [1.29, 1.82) is 0 Å². The summed E-state index contributed by atoms with van der Waals surface area (Å²) in [6.07, 6.45) is -12.0. The largest absolute Gasteiger partial charge is 0.550 e. The molecule has 0 aliphatic carbocycles. The fourth-order valence-corrected chi connectivity index (χ4v) is 2.87. The van der Waals surface area contributed by atoms with Crippen LogP contribution >= 0.6 is 11.6 Å². The van der Waals surface area contributed by atoms with E-state index in [4.69, 9.17) is 21.1 Å². The highest BCUT2D eigenvalue weighted by Gasteiger charge is 2.71. The summed E-state index contributed by atoms with van der Waals surface area (Å²) in [5.41, 5.74) is -6.03. The minimum absolute atomic E-state index is 0.0232. The van der Waals surface area contributed by atoms with Crippen LogP contribution in [0, 0.1) is 0 Å². The Morgan fingerprint density at radius 1 is 0.938 bits per heavy atom. The highest BCUT2D eigenvalue weighted by atomic mass is 35.5. The van der Waals surface area contributed by atoms with E-state index >= 15 is 0 Å². The summed E-state index contributed by atoms with van der Waals surface area (Å²) in [6.45, 7) is 0.127. The highest BCUT2D eigenvalue weighted by Crippen LogP contribution is 2.50. The van der Waals surface area contributed by atoms with Gasteiger partial charge in [0.05, 0.1) is 18.2 Å². The molecule has 12 heteroatoms. The maximum Gasteiger partial charge on any atom is 0.430 e. The van der Waals surface area contributed by atoms with Crippen molar-refractivity contribution < 1.29 is 50.8 Å². The SMILES string of the molecule is O=C([O-])Cc1ccc(OCCCOc2ccc(C(O)(C(F)(F)F)C(F)(F)F)cc2Cl)cc1. The van der Waals surface area contributed by atoms with E-state index in [2.05, 4.69) is 0 Å². The molecule has 0 heterocycles. The van der Waals surface area contributed by atoms with E-state index in [0.29, 0.717) is 23.4 Å². The van der Waals surface area contributed by atoms with Gasteiger partial charge in [-0.1, -0.05) is 29.8 Å². The molecule has 2 aromatic rings. The topological polar surface area (TPSA) is 78.8 Å². The van der Waals surface area contributed by atoms with Gasteiger partial charge in [-0.25, -0.2) is 0 Å². The van der Waals surface area contributed by atoms with E-state index in [1.54, 1.807) is 24.3 Å². The first-order valence-electron chi connectivity index (χ1n) is 8.96. The molecule has 32 heavy (non-hydrogen) atoms. The number of aliphatic hydroxyl groups is 1. The fraction of sp³-hybridized carbons (Fsp3) is 0.350. The Kier molecular flexibility index (Phi) is 7.89. The van der Waals surface area contributed by atoms with E-state index in [0.717, 1.165) is 6.07 Å². The molecule has 0 saturated heterocycles. The smallest absolute Gasteiger partial charge is 0.430 e. The molecule has 1 N–H and O–H groups in total. The normalized spacial score (nSPS) is 12.5. The number of hydrogen-bond donors (Lipinski definition) is 1. The van der Waals surface area contributed by atoms with Crippen LogP contribution in [-0.2, 0) is 16.8 Å². The maximum absolute atomic E-state index is 12.9. The quantitative estimate of drug-likeness (QED) is 0.432. The zero-order chi connectivity index (χ0) is 24.2. The van der Waals surface area contributed by atoms with E-state index in [1.807, 2.05) is 0 Å². The maximum atomic E-state index is 12.9. The second kappa shape index (κ2) is 9.86. The summed E-state index contributed by atoms with van der Waals surface area (Å²) in [4.78, 5) is 10.5. The van der Waals surface area contributed by atoms with Crippen molar-refractivity contribution in [3.05, 3.63) is 58.6 Å². The lowest BCUT2D eigenvalue weighted by molar-refractivity contribution is -0.376. The fourth-order valence-electron chi connectivity index (χ4n) is 2.63. The van der Waals surface area contributed by atoms with Gasteiger partial charge < -0.3 is 24.5 Å². The third-order valence-corrected chi connectivity index (χ3v) is 4.55. The summed E-state index contributed by atoms with van der Waals surface area (Å²) in [7, 11) is 0. The number of benzene rings is 2. The molecule has 0 unspecified atom stereocenters. The number of aliphatic carboxylic acids is 1. The van der Waals surface area contributed by atoms with Crippen LogP contribution in [0.15, 0.2) is 42.5 Å². The number of halogens is 7. The Labute approximate surface area is 183 Å². The number of alkyl halides is 6. The molecule has 176 valence electrons. The molecule has 0 atom stereocenters. The molecular weight excluding hydrogens is 470 g/mol. The van der Waals surface area contributed by atoms with Gasteiger partial charge >= 0.3 is 12.4 Å². The van der Waals surface area contributed by atoms with Gasteiger partial charge in [-0.3, -0.25) is 0 Å². The van der Waals surface area contributed by atoms with Gasteiger partial charge in [0.15, 0.2) is 0 Å². The van der Waals surface area contributed by atoms with Crippen LogP contribution in [0.2, 0.25) is 5.02 Å². The van der Waals surface area contributed by atoms with Gasteiger partial charge in [-0.2, -0.15) is 26.3 Å². The average Bonchev–Trinajstić information content (AvgIpc) is 2.67. The number of ether oxygens (including phenoxy) is 2. The zero-order valence-corrected chi connectivity index (χ0v) is 16.9. The first-order chi connectivity index (χ1) is 14.8.